The van der Waals surface area contributed by atoms with E-state index in [9.17, 15) is 13.6 Å². The average Bonchev–Trinajstić information content (AvgIpc) is 2.09. The van der Waals surface area contributed by atoms with Gasteiger partial charge in [-0.15, -0.1) is 0 Å². The van der Waals surface area contributed by atoms with E-state index in [1.165, 1.54) is 0 Å². The largest absolute Gasteiger partial charge is 0.772 e. The van der Waals surface area contributed by atoms with Gasteiger partial charge in [-0.05, 0) is 6.42 Å². The second kappa shape index (κ2) is 8.19. The van der Waals surface area contributed by atoms with Crippen molar-refractivity contribution in [2.75, 3.05) is 12.4 Å². The average molecular weight is 207 g/mol. The van der Waals surface area contributed by atoms with Gasteiger partial charge in [-0.3, -0.25) is 9.00 Å². The lowest BCUT2D eigenvalue weighted by atomic mass is 10.3. The molecule has 4 nitrogen and oxygen atoms in total. The molecule has 0 radical (unpaired) electrons. The van der Waals surface area contributed by atoms with Crippen LogP contribution in [0.3, 0.4) is 0 Å². The highest BCUT2D eigenvalue weighted by Crippen LogP contribution is 1.96. The molecule has 0 aliphatic rings. The number of hydrogen-bond acceptors (Lipinski definition) is 4. The molecule has 0 aromatic carbocycles. The number of hydrogen-bond donors (Lipinski definition) is 0. The van der Waals surface area contributed by atoms with E-state index in [-0.39, 0.29) is 12.2 Å². The summed E-state index contributed by atoms with van der Waals surface area (Å²) >= 11 is -2.15. The Bertz CT molecular complexity index is 170. The van der Waals surface area contributed by atoms with Crippen LogP contribution in [0, 0.1) is 0 Å². The Hall–Kier alpha value is -0.420. The molecule has 0 amide bonds. The van der Waals surface area contributed by atoms with Gasteiger partial charge < -0.3 is 9.29 Å². The standard InChI is InChI=1S/C8H16O4S/c1-2-3-4-6-12-8(9)5-7-13(10)11/h2-7H2,1H3,(H,10,11)/p-1. The predicted octanol–water partition coefficient (Wildman–Crippen LogP) is 0.989. The molecule has 13 heavy (non-hydrogen) atoms. The molecule has 0 rings (SSSR count). The minimum atomic E-state index is -2.15. The van der Waals surface area contributed by atoms with E-state index < -0.39 is 17.0 Å². The van der Waals surface area contributed by atoms with E-state index in [0.29, 0.717) is 6.61 Å². The minimum Gasteiger partial charge on any atom is -0.772 e. The van der Waals surface area contributed by atoms with Crippen molar-refractivity contribution >= 4 is 17.0 Å². The number of carbonyl (C=O) groups excluding carboxylic acids is 1. The van der Waals surface area contributed by atoms with Crippen molar-refractivity contribution in [2.24, 2.45) is 0 Å². The third-order valence-corrected chi connectivity index (χ3v) is 2.02. The van der Waals surface area contributed by atoms with Crippen molar-refractivity contribution in [1.82, 2.24) is 0 Å². The van der Waals surface area contributed by atoms with Gasteiger partial charge in [-0.25, -0.2) is 0 Å². The monoisotopic (exact) mass is 207 g/mol. The summed E-state index contributed by atoms with van der Waals surface area (Å²) in [6.45, 7) is 2.46. The Morgan fingerprint density at radius 1 is 1.46 bits per heavy atom. The van der Waals surface area contributed by atoms with E-state index in [0.717, 1.165) is 19.3 Å². The second-order valence-electron chi connectivity index (χ2n) is 2.69. The van der Waals surface area contributed by atoms with Crippen LogP contribution in [0.1, 0.15) is 32.6 Å². The van der Waals surface area contributed by atoms with Crippen LogP contribution in [0.5, 0.6) is 0 Å². The van der Waals surface area contributed by atoms with Crippen LogP contribution in [-0.4, -0.2) is 27.1 Å². The summed E-state index contributed by atoms with van der Waals surface area (Å²) in [5.74, 6) is -0.576. The second-order valence-corrected chi connectivity index (χ2v) is 3.70. The van der Waals surface area contributed by atoms with Crippen LogP contribution < -0.4 is 0 Å². The highest BCUT2D eigenvalue weighted by Gasteiger charge is 2.01. The third kappa shape index (κ3) is 9.49. The highest BCUT2D eigenvalue weighted by molar-refractivity contribution is 7.79. The fourth-order valence-corrected chi connectivity index (χ4v) is 1.11. The molecule has 0 heterocycles. The van der Waals surface area contributed by atoms with Gasteiger partial charge in [0.05, 0.1) is 13.0 Å². The molecular formula is C8H15O4S-. The third-order valence-electron chi connectivity index (χ3n) is 1.48. The first kappa shape index (κ1) is 12.6. The Morgan fingerprint density at radius 2 is 2.15 bits per heavy atom. The maximum atomic E-state index is 10.8. The topological polar surface area (TPSA) is 66.4 Å². The summed E-state index contributed by atoms with van der Waals surface area (Å²) in [4.78, 5) is 10.8. The summed E-state index contributed by atoms with van der Waals surface area (Å²) in [6, 6.07) is 0. The summed E-state index contributed by atoms with van der Waals surface area (Å²) in [6.07, 6.45) is 2.91. The van der Waals surface area contributed by atoms with Crippen LogP contribution in [-0.2, 0) is 20.6 Å². The van der Waals surface area contributed by atoms with E-state index in [2.05, 4.69) is 6.92 Å². The van der Waals surface area contributed by atoms with Crippen molar-refractivity contribution in [3.63, 3.8) is 0 Å². The van der Waals surface area contributed by atoms with Gasteiger partial charge in [0.1, 0.15) is 0 Å². The summed E-state index contributed by atoms with van der Waals surface area (Å²) in [7, 11) is 0. The summed E-state index contributed by atoms with van der Waals surface area (Å²) in [5.41, 5.74) is 0. The van der Waals surface area contributed by atoms with Gasteiger partial charge in [0.2, 0.25) is 0 Å². The first-order valence-electron chi connectivity index (χ1n) is 4.38. The molecule has 0 aromatic rings. The maximum absolute atomic E-state index is 10.8. The molecule has 0 fully saturated rings. The predicted molar refractivity (Wildman–Crippen MR) is 48.9 cm³/mol. The molecular weight excluding hydrogens is 192 g/mol. The maximum Gasteiger partial charge on any atom is 0.306 e. The zero-order chi connectivity index (χ0) is 10.1. The first-order valence-corrected chi connectivity index (χ1v) is 5.62. The van der Waals surface area contributed by atoms with Crippen LogP contribution in [0.2, 0.25) is 0 Å². The summed E-state index contributed by atoms with van der Waals surface area (Å²) < 4.78 is 24.9. The van der Waals surface area contributed by atoms with E-state index in [1.807, 2.05) is 0 Å². The molecule has 5 heteroatoms. The number of rotatable bonds is 7. The lowest BCUT2D eigenvalue weighted by Crippen LogP contribution is -2.09. The molecule has 0 saturated heterocycles. The number of ether oxygens (including phenoxy) is 1. The van der Waals surface area contributed by atoms with Crippen molar-refractivity contribution in [2.45, 2.75) is 32.6 Å². The lowest BCUT2D eigenvalue weighted by Gasteiger charge is -2.05. The van der Waals surface area contributed by atoms with Gasteiger partial charge in [-0.2, -0.15) is 0 Å². The van der Waals surface area contributed by atoms with Gasteiger partial charge in [0, 0.05) is 5.75 Å². The molecule has 1 atom stereocenters. The zero-order valence-corrected chi connectivity index (χ0v) is 8.60. The molecule has 0 aliphatic carbocycles. The normalized spacial score (nSPS) is 12.5. The quantitative estimate of drug-likeness (QED) is 0.355. The van der Waals surface area contributed by atoms with E-state index in [4.69, 9.17) is 4.74 Å². The van der Waals surface area contributed by atoms with E-state index >= 15 is 0 Å². The van der Waals surface area contributed by atoms with Crippen LogP contribution >= 0.6 is 0 Å². The van der Waals surface area contributed by atoms with Gasteiger partial charge >= 0.3 is 5.97 Å². The molecule has 1 unspecified atom stereocenters. The number of unbranched alkanes of at least 4 members (excludes halogenated alkanes) is 2. The molecule has 0 saturated carbocycles. The van der Waals surface area contributed by atoms with Crippen LogP contribution in [0.15, 0.2) is 0 Å². The van der Waals surface area contributed by atoms with Crippen LogP contribution in [0.4, 0.5) is 0 Å². The van der Waals surface area contributed by atoms with Crippen molar-refractivity contribution in [1.29, 1.82) is 0 Å². The summed E-state index contributed by atoms with van der Waals surface area (Å²) in [5, 5.41) is 0. The van der Waals surface area contributed by atoms with Gasteiger partial charge in [-0.1, -0.05) is 30.8 Å². The highest BCUT2D eigenvalue weighted by atomic mass is 32.2. The lowest BCUT2D eigenvalue weighted by molar-refractivity contribution is -0.143. The number of carbonyl (C=O) groups is 1. The Kier molecular flexibility index (Phi) is 7.93. The number of esters is 1. The van der Waals surface area contributed by atoms with Gasteiger partial charge in [0.15, 0.2) is 0 Å². The Labute approximate surface area is 80.9 Å². The Morgan fingerprint density at radius 3 is 2.69 bits per heavy atom. The van der Waals surface area contributed by atoms with Crippen molar-refractivity contribution in [3.8, 4) is 0 Å². The molecule has 0 spiro atoms. The SMILES string of the molecule is CCCCCOC(=O)CCS(=O)[O-]. The smallest absolute Gasteiger partial charge is 0.306 e. The fourth-order valence-electron chi connectivity index (χ4n) is 0.777. The zero-order valence-electron chi connectivity index (χ0n) is 7.78. The molecule has 0 bridgehead atoms. The minimum absolute atomic E-state index is 0.0394. The molecule has 0 N–H and O–H groups in total. The Balaban J connectivity index is 3.25. The molecule has 0 aromatic heterocycles. The molecule has 78 valence electrons. The van der Waals surface area contributed by atoms with E-state index in [1.54, 1.807) is 0 Å². The van der Waals surface area contributed by atoms with Crippen molar-refractivity contribution in [3.05, 3.63) is 0 Å². The fraction of sp³-hybridized carbons (Fsp3) is 0.875. The van der Waals surface area contributed by atoms with Gasteiger partial charge in [0.25, 0.3) is 0 Å². The van der Waals surface area contributed by atoms with Crippen LogP contribution in [0.25, 0.3) is 0 Å². The molecule has 0 aliphatic heterocycles. The first-order chi connectivity index (χ1) is 6.16. The van der Waals surface area contributed by atoms with Crippen molar-refractivity contribution < 1.29 is 18.3 Å².